The molecule has 2 aliphatic rings. The van der Waals surface area contributed by atoms with Gasteiger partial charge >= 0.3 is 5.97 Å². The quantitative estimate of drug-likeness (QED) is 0.681. The van der Waals surface area contributed by atoms with Crippen molar-refractivity contribution in [1.29, 1.82) is 0 Å². The molecule has 2 rings (SSSR count). The summed E-state index contributed by atoms with van der Waals surface area (Å²) in [6, 6.07) is 0.558. The van der Waals surface area contributed by atoms with Gasteiger partial charge in [0.25, 0.3) is 0 Å². The zero-order chi connectivity index (χ0) is 9.97. The Balaban J connectivity index is 1.74. The summed E-state index contributed by atoms with van der Waals surface area (Å²) in [7, 11) is 0. The van der Waals surface area contributed by atoms with Gasteiger partial charge in [0.1, 0.15) is 6.10 Å². The molecule has 1 heterocycles. The SMILES string of the molecule is CC1CCC(C(=O)OC2CCC2)CN1. The Morgan fingerprint density at radius 1 is 1.29 bits per heavy atom. The Kier molecular flexibility index (Phi) is 3.06. The van der Waals surface area contributed by atoms with E-state index in [1.807, 2.05) is 0 Å². The van der Waals surface area contributed by atoms with Crippen LogP contribution in [0.25, 0.3) is 0 Å². The van der Waals surface area contributed by atoms with Gasteiger partial charge in [0, 0.05) is 12.6 Å². The van der Waals surface area contributed by atoms with Crippen LogP contribution in [0, 0.1) is 5.92 Å². The first-order chi connectivity index (χ1) is 6.75. The summed E-state index contributed by atoms with van der Waals surface area (Å²) >= 11 is 0. The predicted octanol–water partition coefficient (Wildman–Crippen LogP) is 1.47. The highest BCUT2D eigenvalue weighted by Gasteiger charge is 2.29. The monoisotopic (exact) mass is 197 g/mol. The Labute approximate surface area is 85.2 Å². The lowest BCUT2D eigenvalue weighted by Crippen LogP contribution is -2.41. The topological polar surface area (TPSA) is 38.3 Å². The Bertz CT molecular complexity index is 205. The van der Waals surface area contributed by atoms with Crippen LogP contribution < -0.4 is 5.32 Å². The van der Waals surface area contributed by atoms with Crippen LogP contribution in [0.5, 0.6) is 0 Å². The van der Waals surface area contributed by atoms with Crippen LogP contribution in [0.15, 0.2) is 0 Å². The molecule has 1 saturated heterocycles. The summed E-state index contributed by atoms with van der Waals surface area (Å²) < 4.78 is 5.38. The molecule has 0 radical (unpaired) electrons. The molecule has 1 aliphatic carbocycles. The highest BCUT2D eigenvalue weighted by Crippen LogP contribution is 2.24. The van der Waals surface area contributed by atoms with E-state index in [2.05, 4.69) is 12.2 Å². The van der Waals surface area contributed by atoms with Crippen molar-refractivity contribution < 1.29 is 9.53 Å². The second-order valence-electron chi connectivity index (χ2n) is 4.57. The number of ether oxygens (including phenoxy) is 1. The van der Waals surface area contributed by atoms with E-state index < -0.39 is 0 Å². The van der Waals surface area contributed by atoms with E-state index in [1.165, 1.54) is 6.42 Å². The summed E-state index contributed by atoms with van der Waals surface area (Å²) in [5, 5.41) is 3.32. The van der Waals surface area contributed by atoms with E-state index in [0.29, 0.717) is 6.04 Å². The van der Waals surface area contributed by atoms with Crippen molar-refractivity contribution in [2.24, 2.45) is 5.92 Å². The van der Waals surface area contributed by atoms with Gasteiger partial charge in [-0.2, -0.15) is 0 Å². The van der Waals surface area contributed by atoms with Crippen LogP contribution in [0.4, 0.5) is 0 Å². The van der Waals surface area contributed by atoms with Crippen molar-refractivity contribution in [2.75, 3.05) is 6.54 Å². The highest BCUT2D eigenvalue weighted by molar-refractivity contribution is 5.73. The second-order valence-corrected chi connectivity index (χ2v) is 4.57. The molecular weight excluding hydrogens is 178 g/mol. The van der Waals surface area contributed by atoms with Gasteiger partial charge in [-0.15, -0.1) is 0 Å². The number of esters is 1. The number of nitrogens with one attached hydrogen (secondary N) is 1. The van der Waals surface area contributed by atoms with Gasteiger partial charge in [-0.1, -0.05) is 0 Å². The van der Waals surface area contributed by atoms with E-state index in [-0.39, 0.29) is 18.0 Å². The van der Waals surface area contributed by atoms with E-state index in [0.717, 1.165) is 32.2 Å². The van der Waals surface area contributed by atoms with Gasteiger partial charge in [-0.3, -0.25) is 4.79 Å². The molecule has 0 spiro atoms. The van der Waals surface area contributed by atoms with Crippen molar-refractivity contribution in [2.45, 2.75) is 51.2 Å². The first kappa shape index (κ1) is 9.97. The molecule has 14 heavy (non-hydrogen) atoms. The van der Waals surface area contributed by atoms with Crippen molar-refractivity contribution in [3.05, 3.63) is 0 Å². The van der Waals surface area contributed by atoms with Crippen LogP contribution in [0.2, 0.25) is 0 Å². The molecule has 3 nitrogen and oxygen atoms in total. The minimum absolute atomic E-state index is 0.0223. The zero-order valence-corrected chi connectivity index (χ0v) is 8.79. The van der Waals surface area contributed by atoms with Gasteiger partial charge < -0.3 is 10.1 Å². The van der Waals surface area contributed by atoms with E-state index in [4.69, 9.17) is 4.74 Å². The maximum Gasteiger partial charge on any atom is 0.310 e. The minimum atomic E-state index is 0.0223. The molecule has 2 unspecified atom stereocenters. The molecule has 1 saturated carbocycles. The predicted molar refractivity (Wildman–Crippen MR) is 53.9 cm³/mol. The van der Waals surface area contributed by atoms with Gasteiger partial charge in [0.2, 0.25) is 0 Å². The first-order valence-corrected chi connectivity index (χ1v) is 5.69. The fourth-order valence-electron chi connectivity index (χ4n) is 1.95. The molecule has 0 bridgehead atoms. The number of piperidine rings is 1. The van der Waals surface area contributed by atoms with Crippen molar-refractivity contribution in [3.8, 4) is 0 Å². The fourth-order valence-corrected chi connectivity index (χ4v) is 1.95. The van der Waals surface area contributed by atoms with E-state index >= 15 is 0 Å². The summed E-state index contributed by atoms with van der Waals surface area (Å²) in [6.07, 6.45) is 5.67. The third-order valence-electron chi connectivity index (χ3n) is 3.33. The van der Waals surface area contributed by atoms with Crippen LogP contribution in [-0.4, -0.2) is 24.7 Å². The first-order valence-electron chi connectivity index (χ1n) is 5.69. The number of carbonyl (C=O) groups excluding carboxylic acids is 1. The Morgan fingerprint density at radius 3 is 2.57 bits per heavy atom. The Morgan fingerprint density at radius 2 is 2.07 bits per heavy atom. The summed E-state index contributed by atoms with van der Waals surface area (Å²) in [5.74, 6) is 0.126. The van der Waals surface area contributed by atoms with Crippen molar-refractivity contribution in [1.82, 2.24) is 5.32 Å². The molecule has 2 atom stereocenters. The number of carbonyl (C=O) groups is 1. The zero-order valence-electron chi connectivity index (χ0n) is 8.79. The van der Waals surface area contributed by atoms with Crippen LogP contribution in [-0.2, 0) is 9.53 Å². The lowest BCUT2D eigenvalue weighted by molar-refractivity contribution is -0.158. The van der Waals surface area contributed by atoms with Gasteiger partial charge in [0.15, 0.2) is 0 Å². The maximum absolute atomic E-state index is 11.6. The summed E-state index contributed by atoms with van der Waals surface area (Å²) in [4.78, 5) is 11.6. The average Bonchev–Trinajstić information content (AvgIpc) is 2.12. The van der Waals surface area contributed by atoms with E-state index in [1.54, 1.807) is 0 Å². The van der Waals surface area contributed by atoms with Gasteiger partial charge in [0.05, 0.1) is 5.92 Å². The van der Waals surface area contributed by atoms with Crippen molar-refractivity contribution in [3.63, 3.8) is 0 Å². The standard InChI is InChI=1S/C11H19NO2/c1-8-5-6-9(7-12-8)11(13)14-10-3-2-4-10/h8-10,12H,2-7H2,1H3. The second kappa shape index (κ2) is 4.30. The molecule has 0 aromatic heterocycles. The minimum Gasteiger partial charge on any atom is -0.462 e. The van der Waals surface area contributed by atoms with E-state index in [9.17, 15) is 4.79 Å². The number of rotatable bonds is 2. The molecule has 1 aliphatic heterocycles. The third kappa shape index (κ3) is 2.27. The van der Waals surface area contributed by atoms with Crippen molar-refractivity contribution >= 4 is 5.97 Å². The lowest BCUT2D eigenvalue weighted by Gasteiger charge is -2.30. The summed E-state index contributed by atoms with van der Waals surface area (Å²) in [6.45, 7) is 2.96. The molecule has 80 valence electrons. The van der Waals surface area contributed by atoms with Crippen LogP contribution in [0.3, 0.4) is 0 Å². The largest absolute Gasteiger partial charge is 0.462 e. The van der Waals surface area contributed by atoms with Crippen LogP contribution in [0.1, 0.15) is 39.0 Å². The average molecular weight is 197 g/mol. The Hall–Kier alpha value is -0.570. The fraction of sp³-hybridized carbons (Fsp3) is 0.909. The number of hydrogen-bond acceptors (Lipinski definition) is 3. The molecular formula is C11H19NO2. The molecule has 3 heteroatoms. The molecule has 2 fully saturated rings. The smallest absolute Gasteiger partial charge is 0.310 e. The normalized spacial score (nSPS) is 33.5. The van der Waals surface area contributed by atoms with Crippen LogP contribution >= 0.6 is 0 Å². The van der Waals surface area contributed by atoms with Gasteiger partial charge in [-0.25, -0.2) is 0 Å². The highest BCUT2D eigenvalue weighted by atomic mass is 16.5. The molecule has 0 aromatic rings. The molecule has 0 aromatic carbocycles. The third-order valence-corrected chi connectivity index (χ3v) is 3.33. The lowest BCUT2D eigenvalue weighted by atomic mass is 9.94. The maximum atomic E-state index is 11.6. The summed E-state index contributed by atoms with van der Waals surface area (Å²) in [5.41, 5.74) is 0. The molecule has 0 amide bonds. The van der Waals surface area contributed by atoms with Gasteiger partial charge in [-0.05, 0) is 39.0 Å². The number of hydrogen-bond donors (Lipinski definition) is 1. The molecule has 1 N–H and O–H groups in total.